The Hall–Kier alpha value is -1.62. The van der Waals surface area contributed by atoms with Gasteiger partial charge in [-0.2, -0.15) is 5.10 Å². The Balaban J connectivity index is 2.12. The van der Waals surface area contributed by atoms with Crippen molar-refractivity contribution in [2.45, 2.75) is 20.4 Å². The largest absolute Gasteiger partial charge is 0.365 e. The number of halogens is 1. The molecule has 2 rings (SSSR count). The molecule has 90 valence electrons. The third-order valence-electron chi connectivity index (χ3n) is 2.73. The first-order valence-corrected chi connectivity index (χ1v) is 5.66. The molecule has 2 aromatic rings. The summed E-state index contributed by atoms with van der Waals surface area (Å²) in [5.74, 6) is 0.758. The summed E-state index contributed by atoms with van der Waals surface area (Å²) in [7, 11) is 1.92. The van der Waals surface area contributed by atoms with Gasteiger partial charge in [-0.05, 0) is 25.4 Å². The molecule has 1 N–H and O–H groups in total. The summed E-state index contributed by atoms with van der Waals surface area (Å²) in [4.78, 5) is 8.05. The van der Waals surface area contributed by atoms with Crippen LogP contribution in [0.2, 0.25) is 5.28 Å². The van der Waals surface area contributed by atoms with Crippen molar-refractivity contribution in [1.29, 1.82) is 0 Å². The Labute approximate surface area is 105 Å². The SMILES string of the molecule is Cc1cnc(Cl)nc1NCc1cnn(C)c1C. The van der Waals surface area contributed by atoms with Gasteiger partial charge in [-0.15, -0.1) is 0 Å². The van der Waals surface area contributed by atoms with Gasteiger partial charge in [-0.3, -0.25) is 4.68 Å². The van der Waals surface area contributed by atoms with E-state index in [1.165, 1.54) is 0 Å². The van der Waals surface area contributed by atoms with Gasteiger partial charge in [-0.1, -0.05) is 0 Å². The number of nitrogens with one attached hydrogen (secondary N) is 1. The van der Waals surface area contributed by atoms with Crippen molar-refractivity contribution in [2.24, 2.45) is 7.05 Å². The number of hydrogen-bond acceptors (Lipinski definition) is 4. The molecule has 0 bridgehead atoms. The van der Waals surface area contributed by atoms with Gasteiger partial charge in [0.1, 0.15) is 5.82 Å². The summed E-state index contributed by atoms with van der Waals surface area (Å²) in [5, 5.41) is 7.67. The second kappa shape index (κ2) is 4.71. The number of aromatic nitrogens is 4. The second-order valence-corrected chi connectivity index (χ2v) is 4.24. The summed E-state index contributed by atoms with van der Waals surface area (Å²) in [6.45, 7) is 4.65. The van der Waals surface area contributed by atoms with Gasteiger partial charge in [0.2, 0.25) is 5.28 Å². The van der Waals surface area contributed by atoms with Crippen molar-refractivity contribution in [1.82, 2.24) is 19.7 Å². The zero-order valence-electron chi connectivity index (χ0n) is 10.0. The van der Waals surface area contributed by atoms with E-state index in [1.807, 2.05) is 31.8 Å². The molecule has 0 aliphatic rings. The lowest BCUT2D eigenvalue weighted by Crippen LogP contribution is -2.05. The first-order valence-electron chi connectivity index (χ1n) is 5.28. The summed E-state index contributed by atoms with van der Waals surface area (Å²) in [6.07, 6.45) is 3.55. The highest BCUT2D eigenvalue weighted by atomic mass is 35.5. The molecular formula is C11H14ClN5. The maximum absolute atomic E-state index is 5.76. The molecule has 0 aliphatic carbocycles. The van der Waals surface area contributed by atoms with Crippen LogP contribution in [0.25, 0.3) is 0 Å². The van der Waals surface area contributed by atoms with E-state index in [-0.39, 0.29) is 5.28 Å². The summed E-state index contributed by atoms with van der Waals surface area (Å²) in [6, 6.07) is 0. The number of rotatable bonds is 3. The van der Waals surface area contributed by atoms with Crippen LogP contribution in [-0.4, -0.2) is 19.7 Å². The van der Waals surface area contributed by atoms with Gasteiger partial charge in [0.05, 0.1) is 6.20 Å². The molecule has 2 aromatic heterocycles. The molecule has 0 fully saturated rings. The number of anilines is 1. The first-order chi connectivity index (χ1) is 8.08. The smallest absolute Gasteiger partial charge is 0.224 e. The molecule has 0 atom stereocenters. The molecular weight excluding hydrogens is 238 g/mol. The predicted molar refractivity (Wildman–Crippen MR) is 67.1 cm³/mol. The van der Waals surface area contributed by atoms with E-state index < -0.39 is 0 Å². The monoisotopic (exact) mass is 251 g/mol. The van der Waals surface area contributed by atoms with Gasteiger partial charge >= 0.3 is 0 Å². The highest BCUT2D eigenvalue weighted by molar-refractivity contribution is 6.28. The summed E-state index contributed by atoms with van der Waals surface area (Å²) >= 11 is 5.76. The minimum absolute atomic E-state index is 0.251. The van der Waals surface area contributed by atoms with E-state index in [2.05, 4.69) is 20.4 Å². The predicted octanol–water partition coefficient (Wildman–Crippen LogP) is 2.09. The van der Waals surface area contributed by atoms with Crippen molar-refractivity contribution in [2.75, 3.05) is 5.32 Å². The molecule has 0 saturated carbocycles. The van der Waals surface area contributed by atoms with Crippen LogP contribution in [0.15, 0.2) is 12.4 Å². The second-order valence-electron chi connectivity index (χ2n) is 3.90. The third kappa shape index (κ3) is 2.55. The third-order valence-corrected chi connectivity index (χ3v) is 2.91. The fourth-order valence-corrected chi connectivity index (χ4v) is 1.63. The Morgan fingerprint density at radius 3 is 2.76 bits per heavy atom. The highest BCUT2D eigenvalue weighted by Crippen LogP contribution is 2.14. The fraction of sp³-hybridized carbons (Fsp3) is 0.364. The quantitative estimate of drug-likeness (QED) is 0.849. The average molecular weight is 252 g/mol. The van der Waals surface area contributed by atoms with Gasteiger partial charge in [0.25, 0.3) is 0 Å². The van der Waals surface area contributed by atoms with Crippen molar-refractivity contribution in [3.05, 3.63) is 34.5 Å². The molecule has 0 spiro atoms. The van der Waals surface area contributed by atoms with Crippen molar-refractivity contribution in [3.63, 3.8) is 0 Å². The number of nitrogens with zero attached hydrogens (tertiary/aromatic N) is 4. The van der Waals surface area contributed by atoms with Crippen LogP contribution in [0, 0.1) is 13.8 Å². The molecule has 6 heteroatoms. The van der Waals surface area contributed by atoms with E-state index in [0.29, 0.717) is 6.54 Å². The Bertz CT molecular complexity index is 535. The molecule has 0 unspecified atom stereocenters. The minimum Gasteiger partial charge on any atom is -0.365 e. The van der Waals surface area contributed by atoms with Crippen LogP contribution < -0.4 is 5.32 Å². The Kier molecular flexibility index (Phi) is 3.28. The molecule has 2 heterocycles. The van der Waals surface area contributed by atoms with Crippen molar-refractivity contribution in [3.8, 4) is 0 Å². The average Bonchev–Trinajstić information content (AvgIpc) is 2.62. The van der Waals surface area contributed by atoms with Gasteiger partial charge < -0.3 is 5.32 Å². The van der Waals surface area contributed by atoms with Gasteiger partial charge in [0.15, 0.2) is 0 Å². The van der Waals surface area contributed by atoms with Crippen LogP contribution >= 0.6 is 11.6 Å². The van der Waals surface area contributed by atoms with Crippen molar-refractivity contribution < 1.29 is 0 Å². The zero-order valence-corrected chi connectivity index (χ0v) is 10.8. The molecule has 0 aromatic carbocycles. The van der Waals surface area contributed by atoms with E-state index in [1.54, 1.807) is 6.20 Å². The fourth-order valence-electron chi connectivity index (χ4n) is 1.50. The van der Waals surface area contributed by atoms with Crippen LogP contribution in [0.3, 0.4) is 0 Å². The van der Waals surface area contributed by atoms with Crippen LogP contribution in [0.1, 0.15) is 16.8 Å². The van der Waals surface area contributed by atoms with Crippen molar-refractivity contribution >= 4 is 17.4 Å². The van der Waals surface area contributed by atoms with E-state index in [9.17, 15) is 0 Å². The van der Waals surface area contributed by atoms with Gasteiger partial charge in [0, 0.05) is 36.6 Å². The topological polar surface area (TPSA) is 55.6 Å². The first kappa shape index (κ1) is 11.9. The Morgan fingerprint density at radius 1 is 1.35 bits per heavy atom. The molecule has 17 heavy (non-hydrogen) atoms. The lowest BCUT2D eigenvalue weighted by Gasteiger charge is -2.07. The molecule has 0 radical (unpaired) electrons. The zero-order chi connectivity index (χ0) is 12.4. The summed E-state index contributed by atoms with van der Waals surface area (Å²) < 4.78 is 1.84. The van der Waals surface area contributed by atoms with Crippen LogP contribution in [0.4, 0.5) is 5.82 Å². The molecule has 0 aliphatic heterocycles. The maximum atomic E-state index is 5.76. The van der Waals surface area contributed by atoms with E-state index >= 15 is 0 Å². The standard InChI is InChI=1S/C11H14ClN5/c1-7-4-14-11(12)16-10(7)13-5-9-6-15-17(3)8(9)2/h4,6H,5H2,1-3H3,(H,13,14,16). The van der Waals surface area contributed by atoms with E-state index in [0.717, 1.165) is 22.6 Å². The van der Waals surface area contributed by atoms with Gasteiger partial charge in [-0.25, -0.2) is 9.97 Å². The van der Waals surface area contributed by atoms with Crippen LogP contribution in [0.5, 0.6) is 0 Å². The molecule has 0 saturated heterocycles. The van der Waals surface area contributed by atoms with Crippen LogP contribution in [-0.2, 0) is 13.6 Å². The number of hydrogen-bond donors (Lipinski definition) is 1. The normalized spacial score (nSPS) is 10.6. The maximum Gasteiger partial charge on any atom is 0.224 e. The Morgan fingerprint density at radius 2 is 2.12 bits per heavy atom. The highest BCUT2D eigenvalue weighted by Gasteiger charge is 2.06. The molecule has 5 nitrogen and oxygen atoms in total. The lowest BCUT2D eigenvalue weighted by molar-refractivity contribution is 0.738. The minimum atomic E-state index is 0.251. The number of aryl methyl sites for hydroxylation is 2. The lowest BCUT2D eigenvalue weighted by atomic mass is 10.2. The summed E-state index contributed by atoms with van der Waals surface area (Å²) in [5.41, 5.74) is 3.24. The molecule has 0 amide bonds. The van der Waals surface area contributed by atoms with E-state index in [4.69, 9.17) is 11.6 Å².